The summed E-state index contributed by atoms with van der Waals surface area (Å²) in [7, 11) is 1.59. The van der Waals surface area contributed by atoms with Gasteiger partial charge in [0.2, 0.25) is 0 Å². The normalized spacial score (nSPS) is 11.0. The Morgan fingerprint density at radius 3 is 2.66 bits per heavy atom. The van der Waals surface area contributed by atoms with Gasteiger partial charge in [0.15, 0.2) is 5.13 Å². The van der Waals surface area contributed by atoms with Crippen LogP contribution in [0.5, 0.6) is 0 Å². The van der Waals surface area contributed by atoms with Crippen molar-refractivity contribution in [2.75, 3.05) is 5.32 Å². The quantitative estimate of drug-likeness (QED) is 0.472. The molecule has 0 fully saturated rings. The van der Waals surface area contributed by atoms with E-state index in [1.54, 1.807) is 38.4 Å². The van der Waals surface area contributed by atoms with Crippen LogP contribution in [0.15, 0.2) is 35.3 Å². The predicted octanol–water partition coefficient (Wildman–Crippen LogP) is 4.27. The number of halogens is 1. The highest BCUT2D eigenvalue weighted by Gasteiger charge is 2.21. The number of carbonyl (C=O) groups is 1. The van der Waals surface area contributed by atoms with E-state index in [1.807, 2.05) is 13.8 Å². The number of rotatable bonds is 5. The fraction of sp³-hybridized carbons (Fsp3) is 0.227. The minimum atomic E-state index is -0.349. The first kappa shape index (κ1) is 22.0. The predicted molar refractivity (Wildman–Crippen MR) is 124 cm³/mol. The maximum atomic E-state index is 13.9. The zero-order valence-corrected chi connectivity index (χ0v) is 19.5. The average Bonchev–Trinajstić information content (AvgIpc) is 3.34. The molecule has 32 heavy (non-hydrogen) atoms. The average molecular weight is 470 g/mol. The summed E-state index contributed by atoms with van der Waals surface area (Å²) in [4.78, 5) is 35.5. The molecule has 0 atom stereocenters. The molecule has 164 valence electrons. The van der Waals surface area contributed by atoms with Gasteiger partial charge in [0.05, 0.1) is 17.0 Å². The number of benzene rings is 1. The molecule has 3 heterocycles. The molecule has 1 aromatic carbocycles. The molecule has 0 saturated heterocycles. The Kier molecular flexibility index (Phi) is 5.98. The molecule has 0 bridgehead atoms. The molecule has 0 aliphatic rings. The second-order valence-corrected chi connectivity index (χ2v) is 9.42. The second kappa shape index (κ2) is 8.71. The van der Waals surface area contributed by atoms with Gasteiger partial charge in [-0.3, -0.25) is 14.9 Å². The van der Waals surface area contributed by atoms with Crippen LogP contribution in [0, 0.1) is 26.6 Å². The largest absolute Gasteiger partial charge is 0.297 e. The maximum absolute atomic E-state index is 13.9. The third kappa shape index (κ3) is 4.23. The van der Waals surface area contributed by atoms with Crippen molar-refractivity contribution >= 4 is 33.7 Å². The van der Waals surface area contributed by atoms with Crippen LogP contribution >= 0.6 is 22.7 Å². The standard InChI is InChI=1S/C22H20FN5O2S2/c1-11-12(2)27-28(4)21(30)17(11)20-25-13(3)18(32-20)19(29)26-22-24-10-15(31-22)9-14-7-5-6-8-16(14)23/h5-8,10H,9H2,1-4H3,(H,24,26,29). The number of carbonyl (C=O) groups excluding carboxylic acids is 1. The van der Waals surface area contributed by atoms with Gasteiger partial charge in [-0.15, -0.1) is 22.7 Å². The SMILES string of the molecule is Cc1nc(-c2c(C)c(C)nn(C)c2=O)sc1C(=O)Nc1ncc(Cc2ccccc2F)s1. The molecule has 0 radical (unpaired) electrons. The number of aryl methyl sites for hydroxylation is 3. The van der Waals surface area contributed by atoms with Crippen molar-refractivity contribution in [1.82, 2.24) is 19.7 Å². The molecule has 0 unspecified atom stereocenters. The lowest BCUT2D eigenvalue weighted by Crippen LogP contribution is -2.23. The topological polar surface area (TPSA) is 89.8 Å². The Balaban J connectivity index is 1.56. The van der Waals surface area contributed by atoms with Crippen molar-refractivity contribution in [3.8, 4) is 10.6 Å². The smallest absolute Gasteiger partial charge is 0.277 e. The number of amides is 1. The molecule has 7 nitrogen and oxygen atoms in total. The van der Waals surface area contributed by atoms with Crippen LogP contribution in [0.25, 0.3) is 10.6 Å². The van der Waals surface area contributed by atoms with Crippen molar-refractivity contribution in [3.63, 3.8) is 0 Å². The van der Waals surface area contributed by atoms with Crippen LogP contribution in [0.2, 0.25) is 0 Å². The molecule has 1 amide bonds. The molecule has 4 aromatic rings. The number of nitrogens with zero attached hydrogens (tertiary/aromatic N) is 4. The van der Waals surface area contributed by atoms with Crippen LogP contribution in [0.1, 0.15) is 37.1 Å². The minimum absolute atomic E-state index is 0.258. The summed E-state index contributed by atoms with van der Waals surface area (Å²) in [6, 6.07) is 6.57. The van der Waals surface area contributed by atoms with Crippen LogP contribution in [0.3, 0.4) is 0 Å². The Labute approximate surface area is 191 Å². The summed E-state index contributed by atoms with van der Waals surface area (Å²) >= 11 is 2.45. The highest BCUT2D eigenvalue weighted by Crippen LogP contribution is 2.30. The van der Waals surface area contributed by atoms with Crippen molar-refractivity contribution in [2.45, 2.75) is 27.2 Å². The van der Waals surface area contributed by atoms with Gasteiger partial charge in [-0.1, -0.05) is 18.2 Å². The van der Waals surface area contributed by atoms with E-state index in [1.165, 1.54) is 22.1 Å². The van der Waals surface area contributed by atoms with E-state index in [2.05, 4.69) is 20.4 Å². The highest BCUT2D eigenvalue weighted by atomic mass is 32.1. The lowest BCUT2D eigenvalue weighted by atomic mass is 10.1. The van der Waals surface area contributed by atoms with E-state index in [-0.39, 0.29) is 17.3 Å². The van der Waals surface area contributed by atoms with E-state index < -0.39 is 0 Å². The van der Waals surface area contributed by atoms with Gasteiger partial charge in [0, 0.05) is 24.5 Å². The fourth-order valence-corrected chi connectivity index (χ4v) is 5.13. The molecule has 10 heteroatoms. The molecule has 4 rings (SSSR count). The summed E-state index contributed by atoms with van der Waals surface area (Å²) in [6.45, 7) is 5.38. The number of hydrogen-bond donors (Lipinski definition) is 1. The highest BCUT2D eigenvalue weighted by molar-refractivity contribution is 7.18. The zero-order valence-electron chi connectivity index (χ0n) is 17.9. The first-order chi connectivity index (χ1) is 15.2. The van der Waals surface area contributed by atoms with E-state index in [4.69, 9.17) is 0 Å². The minimum Gasteiger partial charge on any atom is -0.297 e. The third-order valence-corrected chi connectivity index (χ3v) is 7.13. The van der Waals surface area contributed by atoms with Gasteiger partial charge >= 0.3 is 0 Å². The monoisotopic (exact) mass is 469 g/mol. The molecule has 0 spiro atoms. The third-order valence-electron chi connectivity index (χ3n) is 5.04. The second-order valence-electron chi connectivity index (χ2n) is 7.30. The van der Waals surface area contributed by atoms with Crippen molar-refractivity contribution in [2.24, 2.45) is 7.05 Å². The number of anilines is 1. The summed E-state index contributed by atoms with van der Waals surface area (Å²) in [5, 5.41) is 7.88. The Morgan fingerprint density at radius 2 is 1.91 bits per heavy atom. The van der Waals surface area contributed by atoms with Crippen molar-refractivity contribution in [1.29, 1.82) is 0 Å². The first-order valence-electron chi connectivity index (χ1n) is 9.76. The summed E-state index contributed by atoms with van der Waals surface area (Å²) in [5.74, 6) is -0.620. The van der Waals surface area contributed by atoms with E-state index in [0.717, 1.165) is 27.5 Å². The number of aromatic nitrogens is 4. The summed E-state index contributed by atoms with van der Waals surface area (Å²) in [5.41, 5.74) is 2.76. The van der Waals surface area contributed by atoms with Gasteiger partial charge < -0.3 is 0 Å². The van der Waals surface area contributed by atoms with E-state index in [9.17, 15) is 14.0 Å². The van der Waals surface area contributed by atoms with Crippen molar-refractivity contribution in [3.05, 3.63) is 78.9 Å². The molecule has 1 N–H and O–H groups in total. The molecule has 0 aliphatic heterocycles. The van der Waals surface area contributed by atoms with E-state index in [0.29, 0.717) is 38.3 Å². The first-order valence-corrected chi connectivity index (χ1v) is 11.4. The lowest BCUT2D eigenvalue weighted by Gasteiger charge is -2.07. The Bertz CT molecular complexity index is 1390. The van der Waals surface area contributed by atoms with Gasteiger partial charge in [-0.05, 0) is 38.0 Å². The summed E-state index contributed by atoms with van der Waals surface area (Å²) in [6.07, 6.45) is 2.03. The van der Waals surface area contributed by atoms with Gasteiger partial charge in [0.1, 0.15) is 15.7 Å². The number of hydrogen-bond acceptors (Lipinski definition) is 7. The van der Waals surface area contributed by atoms with Crippen LogP contribution in [-0.4, -0.2) is 25.7 Å². The zero-order chi connectivity index (χ0) is 23.0. The maximum Gasteiger partial charge on any atom is 0.277 e. The van der Waals surface area contributed by atoms with E-state index >= 15 is 0 Å². The molecule has 0 saturated carbocycles. The fourth-order valence-electron chi connectivity index (χ4n) is 3.24. The van der Waals surface area contributed by atoms with Crippen LogP contribution < -0.4 is 10.9 Å². The molecule has 0 aliphatic carbocycles. The van der Waals surface area contributed by atoms with Gasteiger partial charge in [0.25, 0.3) is 11.5 Å². The summed E-state index contributed by atoms with van der Waals surface area (Å²) < 4.78 is 15.2. The molecule has 3 aromatic heterocycles. The number of thiazole rings is 2. The van der Waals surface area contributed by atoms with Gasteiger partial charge in [-0.25, -0.2) is 19.0 Å². The number of nitrogens with one attached hydrogen (secondary N) is 1. The Hall–Kier alpha value is -3.24. The van der Waals surface area contributed by atoms with Crippen LogP contribution in [0.4, 0.5) is 9.52 Å². The lowest BCUT2D eigenvalue weighted by molar-refractivity contribution is 0.103. The van der Waals surface area contributed by atoms with Gasteiger partial charge in [-0.2, -0.15) is 5.10 Å². The van der Waals surface area contributed by atoms with Crippen molar-refractivity contribution < 1.29 is 9.18 Å². The molecular formula is C22H20FN5O2S2. The molecular weight excluding hydrogens is 449 g/mol. The van der Waals surface area contributed by atoms with Crippen LogP contribution in [-0.2, 0) is 13.5 Å². The Morgan fingerprint density at radius 1 is 1.16 bits per heavy atom.